The quantitative estimate of drug-likeness (QED) is 0.755. The van der Waals surface area contributed by atoms with Gasteiger partial charge < -0.3 is 14.7 Å². The van der Waals surface area contributed by atoms with E-state index < -0.39 is 11.9 Å². The number of ether oxygens (including phenoxy) is 1. The summed E-state index contributed by atoms with van der Waals surface area (Å²) in [4.78, 5) is 24.2. The van der Waals surface area contributed by atoms with Crippen LogP contribution in [0.4, 0.5) is 0 Å². The third kappa shape index (κ3) is 3.20. The molecule has 0 aromatic rings. The van der Waals surface area contributed by atoms with Crippen LogP contribution in [0.25, 0.3) is 0 Å². The van der Waals surface area contributed by atoms with Crippen molar-refractivity contribution >= 4 is 11.9 Å². The van der Waals surface area contributed by atoms with Gasteiger partial charge in [-0.15, -0.1) is 0 Å². The SMILES string of the molecule is COCCC(C)N1CC(C(=O)O)CCC1=O. The Morgan fingerprint density at radius 3 is 2.94 bits per heavy atom. The summed E-state index contributed by atoms with van der Waals surface area (Å²) < 4.78 is 4.96. The first-order chi connectivity index (χ1) is 7.56. The van der Waals surface area contributed by atoms with E-state index in [2.05, 4.69) is 0 Å². The number of carboxylic acid groups (broad SMARTS) is 1. The molecule has 0 saturated carbocycles. The van der Waals surface area contributed by atoms with Gasteiger partial charge in [-0.3, -0.25) is 9.59 Å². The number of hydrogen-bond donors (Lipinski definition) is 1. The van der Waals surface area contributed by atoms with Gasteiger partial charge in [-0.2, -0.15) is 0 Å². The summed E-state index contributed by atoms with van der Waals surface area (Å²) >= 11 is 0. The second-order valence-corrected chi connectivity index (χ2v) is 4.25. The molecule has 0 aromatic heterocycles. The van der Waals surface area contributed by atoms with Crippen molar-refractivity contribution in [3.63, 3.8) is 0 Å². The molecule has 1 fully saturated rings. The maximum absolute atomic E-state index is 11.7. The van der Waals surface area contributed by atoms with E-state index in [0.717, 1.165) is 6.42 Å². The highest BCUT2D eigenvalue weighted by Crippen LogP contribution is 2.20. The van der Waals surface area contributed by atoms with E-state index in [0.29, 0.717) is 26.0 Å². The van der Waals surface area contributed by atoms with Gasteiger partial charge in [0.05, 0.1) is 5.92 Å². The summed E-state index contributed by atoms with van der Waals surface area (Å²) in [5.74, 6) is -1.17. The van der Waals surface area contributed by atoms with Crippen molar-refractivity contribution in [2.75, 3.05) is 20.3 Å². The fraction of sp³-hybridized carbons (Fsp3) is 0.818. The Morgan fingerprint density at radius 2 is 2.38 bits per heavy atom. The lowest BCUT2D eigenvalue weighted by molar-refractivity contribution is -0.148. The van der Waals surface area contributed by atoms with E-state index in [9.17, 15) is 9.59 Å². The van der Waals surface area contributed by atoms with Crippen molar-refractivity contribution in [1.82, 2.24) is 4.90 Å². The van der Waals surface area contributed by atoms with Crippen molar-refractivity contribution in [1.29, 1.82) is 0 Å². The predicted octanol–water partition coefficient (Wildman–Crippen LogP) is 0.735. The topological polar surface area (TPSA) is 66.8 Å². The Bertz CT molecular complexity index is 267. The highest BCUT2D eigenvalue weighted by atomic mass is 16.5. The molecule has 92 valence electrons. The Morgan fingerprint density at radius 1 is 1.69 bits per heavy atom. The van der Waals surface area contributed by atoms with E-state index >= 15 is 0 Å². The maximum Gasteiger partial charge on any atom is 0.308 e. The third-order valence-electron chi connectivity index (χ3n) is 3.07. The van der Waals surface area contributed by atoms with Gasteiger partial charge in [0.2, 0.25) is 5.91 Å². The van der Waals surface area contributed by atoms with Gasteiger partial charge in [-0.05, 0) is 19.8 Å². The number of carbonyl (C=O) groups is 2. The molecular weight excluding hydrogens is 210 g/mol. The van der Waals surface area contributed by atoms with Crippen LogP contribution in [0, 0.1) is 5.92 Å². The molecular formula is C11H19NO4. The molecule has 0 aromatic carbocycles. The minimum Gasteiger partial charge on any atom is -0.481 e. The number of carbonyl (C=O) groups excluding carboxylic acids is 1. The second-order valence-electron chi connectivity index (χ2n) is 4.25. The van der Waals surface area contributed by atoms with Crippen LogP contribution < -0.4 is 0 Å². The fourth-order valence-corrected chi connectivity index (χ4v) is 1.94. The van der Waals surface area contributed by atoms with E-state index in [1.165, 1.54) is 0 Å². The first-order valence-electron chi connectivity index (χ1n) is 5.57. The van der Waals surface area contributed by atoms with Crippen LogP contribution in [-0.2, 0) is 14.3 Å². The number of hydrogen-bond acceptors (Lipinski definition) is 3. The van der Waals surface area contributed by atoms with Crippen LogP contribution in [0.1, 0.15) is 26.2 Å². The highest BCUT2D eigenvalue weighted by molar-refractivity contribution is 5.80. The molecule has 2 unspecified atom stereocenters. The zero-order chi connectivity index (χ0) is 12.1. The van der Waals surface area contributed by atoms with Gasteiger partial charge >= 0.3 is 5.97 Å². The van der Waals surface area contributed by atoms with Crippen LogP contribution in [0.15, 0.2) is 0 Å². The lowest BCUT2D eigenvalue weighted by atomic mass is 9.96. The molecule has 1 aliphatic rings. The number of aliphatic carboxylic acids is 1. The fourth-order valence-electron chi connectivity index (χ4n) is 1.94. The van der Waals surface area contributed by atoms with Crippen molar-refractivity contribution in [3.05, 3.63) is 0 Å². The van der Waals surface area contributed by atoms with Crippen molar-refractivity contribution in [2.45, 2.75) is 32.2 Å². The van der Waals surface area contributed by atoms with Crippen LogP contribution in [0.2, 0.25) is 0 Å². The number of methoxy groups -OCH3 is 1. The zero-order valence-electron chi connectivity index (χ0n) is 9.81. The average molecular weight is 229 g/mol. The molecule has 0 spiro atoms. The van der Waals surface area contributed by atoms with Crippen molar-refractivity contribution < 1.29 is 19.4 Å². The second kappa shape index (κ2) is 5.84. The van der Waals surface area contributed by atoms with E-state index in [4.69, 9.17) is 9.84 Å². The molecule has 0 radical (unpaired) electrons. The molecule has 0 aliphatic carbocycles. The molecule has 1 aliphatic heterocycles. The van der Waals surface area contributed by atoms with E-state index in [1.54, 1.807) is 12.0 Å². The molecule has 0 bridgehead atoms. The summed E-state index contributed by atoms with van der Waals surface area (Å²) in [5.41, 5.74) is 0. The Kier molecular flexibility index (Phi) is 4.73. The summed E-state index contributed by atoms with van der Waals surface area (Å²) in [5, 5.41) is 8.94. The first kappa shape index (κ1) is 13.0. The summed E-state index contributed by atoms with van der Waals surface area (Å²) in [7, 11) is 1.62. The predicted molar refractivity (Wildman–Crippen MR) is 58.0 cm³/mol. The Labute approximate surface area is 95.4 Å². The lowest BCUT2D eigenvalue weighted by Crippen LogP contribution is -2.47. The smallest absolute Gasteiger partial charge is 0.308 e. The van der Waals surface area contributed by atoms with Crippen molar-refractivity contribution in [3.8, 4) is 0 Å². The zero-order valence-corrected chi connectivity index (χ0v) is 9.81. The average Bonchev–Trinajstić information content (AvgIpc) is 2.26. The number of nitrogens with zero attached hydrogens (tertiary/aromatic N) is 1. The number of amides is 1. The molecule has 5 nitrogen and oxygen atoms in total. The minimum atomic E-state index is -0.809. The third-order valence-corrected chi connectivity index (χ3v) is 3.07. The monoisotopic (exact) mass is 229 g/mol. The number of likely N-dealkylation sites (tertiary alicyclic amines) is 1. The molecule has 5 heteroatoms. The van der Waals surface area contributed by atoms with Gasteiger partial charge in [0.1, 0.15) is 0 Å². The van der Waals surface area contributed by atoms with Crippen LogP contribution >= 0.6 is 0 Å². The van der Waals surface area contributed by atoms with Gasteiger partial charge in [0.15, 0.2) is 0 Å². The summed E-state index contributed by atoms with van der Waals surface area (Å²) in [6.45, 7) is 2.85. The van der Waals surface area contributed by atoms with Gasteiger partial charge in [0.25, 0.3) is 0 Å². The number of piperidine rings is 1. The molecule has 1 heterocycles. The largest absolute Gasteiger partial charge is 0.481 e. The molecule has 1 rings (SSSR count). The first-order valence-corrected chi connectivity index (χ1v) is 5.57. The number of rotatable bonds is 5. The Hall–Kier alpha value is -1.10. The van der Waals surface area contributed by atoms with Crippen LogP contribution in [0.5, 0.6) is 0 Å². The van der Waals surface area contributed by atoms with Gasteiger partial charge in [0, 0.05) is 32.7 Å². The minimum absolute atomic E-state index is 0.0506. The summed E-state index contributed by atoms with van der Waals surface area (Å²) in [6, 6.07) is 0.0506. The lowest BCUT2D eigenvalue weighted by Gasteiger charge is -2.35. The standard InChI is InChI=1S/C11H19NO4/c1-8(5-6-16-2)12-7-9(11(14)15)3-4-10(12)13/h8-9H,3-7H2,1-2H3,(H,14,15). The molecule has 16 heavy (non-hydrogen) atoms. The molecule has 1 N–H and O–H groups in total. The van der Waals surface area contributed by atoms with E-state index in [1.807, 2.05) is 6.92 Å². The Balaban J connectivity index is 2.55. The molecule has 1 saturated heterocycles. The van der Waals surface area contributed by atoms with Gasteiger partial charge in [-0.25, -0.2) is 0 Å². The molecule has 2 atom stereocenters. The van der Waals surface area contributed by atoms with Gasteiger partial charge in [-0.1, -0.05) is 0 Å². The highest BCUT2D eigenvalue weighted by Gasteiger charge is 2.32. The normalized spacial score (nSPS) is 23.2. The summed E-state index contributed by atoms with van der Waals surface area (Å²) in [6.07, 6.45) is 1.55. The maximum atomic E-state index is 11.7. The van der Waals surface area contributed by atoms with E-state index in [-0.39, 0.29) is 11.9 Å². The molecule has 1 amide bonds. The number of carboxylic acids is 1. The van der Waals surface area contributed by atoms with Crippen molar-refractivity contribution in [2.24, 2.45) is 5.92 Å². The van der Waals surface area contributed by atoms with Crippen LogP contribution in [0.3, 0.4) is 0 Å². The van der Waals surface area contributed by atoms with Crippen LogP contribution in [-0.4, -0.2) is 48.2 Å².